The van der Waals surface area contributed by atoms with E-state index in [-0.39, 0.29) is 32.9 Å². The molecule has 0 amide bonds. The van der Waals surface area contributed by atoms with E-state index in [0.29, 0.717) is 0 Å². The van der Waals surface area contributed by atoms with Gasteiger partial charge in [0.2, 0.25) is 5.79 Å². The fourth-order valence-corrected chi connectivity index (χ4v) is 9.84. The highest BCUT2D eigenvalue weighted by atomic mass is 16.5. The maximum absolute atomic E-state index is 10.8. The van der Waals surface area contributed by atoms with Crippen molar-refractivity contribution < 1.29 is 99.2 Å². The first-order valence-electron chi connectivity index (χ1n) is 18.9. The van der Waals surface area contributed by atoms with E-state index in [9.17, 15) is 66.4 Å². The zero-order valence-corrected chi connectivity index (χ0v) is 40.8. The van der Waals surface area contributed by atoms with E-state index in [1.54, 1.807) is 55.4 Å². The van der Waals surface area contributed by atoms with Crippen molar-refractivity contribution in [2.24, 2.45) is 32.5 Å². The van der Waals surface area contributed by atoms with Crippen LogP contribution in [0.4, 0.5) is 0 Å². The van der Waals surface area contributed by atoms with Gasteiger partial charge in [-0.2, -0.15) is 0 Å². The summed E-state index contributed by atoms with van der Waals surface area (Å²) in [5.74, 6) is -2.56. The third-order valence-corrected chi connectivity index (χ3v) is 19.7. The van der Waals surface area contributed by atoms with Gasteiger partial charge in [0.1, 0.15) is 11.2 Å². The van der Waals surface area contributed by atoms with Gasteiger partial charge < -0.3 is 99.2 Å². The summed E-state index contributed by atoms with van der Waals surface area (Å²) in [6.07, 6.45) is 0. The molecule has 0 bridgehead atoms. The Balaban J connectivity index is -0.000000174. The zero-order valence-electron chi connectivity index (χ0n) is 40.8. The van der Waals surface area contributed by atoms with E-state index in [1.165, 1.54) is 104 Å². The summed E-state index contributed by atoms with van der Waals surface area (Å²) in [6.45, 7) is 35.2. The SMILES string of the molecule is CC1(C)C(C)(O)C(C)(O)C(C)(C)C(C)(O)C1(C)O.CC1(C)C(C)(O)C(C)(O)C(C)(C)C(C)(O)C1(C)O.CC1(C)C(C)(O)C(C)(O)C(C)(C)C(O)(O)C1(C)O.O.O.O.O.O.O. The Labute approximate surface area is 358 Å². The summed E-state index contributed by atoms with van der Waals surface area (Å²) in [5.41, 5.74) is -25.3. The first-order valence-corrected chi connectivity index (χ1v) is 18.9. The smallest absolute Gasteiger partial charge is 0.200 e. The summed E-state index contributed by atoms with van der Waals surface area (Å²) in [5, 5.41) is 139. The molecule has 3 saturated carbocycles. The lowest BCUT2D eigenvalue weighted by molar-refractivity contribution is -0.444. The van der Waals surface area contributed by atoms with Crippen LogP contribution in [-0.2, 0) is 0 Å². The number of hydrogen-bond donors (Lipinski definition) is 13. The van der Waals surface area contributed by atoms with Crippen molar-refractivity contribution in [3.63, 3.8) is 0 Å². The van der Waals surface area contributed by atoms with Gasteiger partial charge in [-0.05, 0) is 76.2 Å². The maximum atomic E-state index is 10.8. The second-order valence-corrected chi connectivity index (χ2v) is 22.2. The Hall–Kier alpha value is -0.760. The Morgan fingerprint density at radius 3 is 0.350 bits per heavy atom. The summed E-state index contributed by atoms with van der Waals surface area (Å²) in [7, 11) is 0. The maximum Gasteiger partial charge on any atom is 0.200 e. The van der Waals surface area contributed by atoms with Crippen LogP contribution in [0.3, 0.4) is 0 Å². The minimum atomic E-state index is -2.56. The number of rotatable bonds is 0. The molecule has 19 heteroatoms. The molecule has 0 aromatic heterocycles. The van der Waals surface area contributed by atoms with E-state index in [4.69, 9.17) is 0 Å². The van der Waals surface area contributed by atoms with Gasteiger partial charge in [0, 0.05) is 27.1 Å². The highest BCUT2D eigenvalue weighted by Gasteiger charge is 2.81. The average Bonchev–Trinajstić information content (AvgIpc) is 2.94. The van der Waals surface area contributed by atoms with Crippen molar-refractivity contribution in [2.45, 2.75) is 227 Å². The molecule has 0 heterocycles. The molecule has 11 unspecified atom stereocenters. The van der Waals surface area contributed by atoms with Crippen molar-refractivity contribution in [1.29, 1.82) is 0 Å². The lowest BCUT2D eigenvalue weighted by atomic mass is 9.40. The van der Waals surface area contributed by atoms with Gasteiger partial charge in [-0.15, -0.1) is 0 Å². The van der Waals surface area contributed by atoms with E-state index in [0.717, 1.165) is 0 Å². The van der Waals surface area contributed by atoms with Crippen LogP contribution in [0.25, 0.3) is 0 Å². The molecule has 3 aliphatic carbocycles. The summed E-state index contributed by atoms with van der Waals surface area (Å²) in [6, 6.07) is 0. The fourth-order valence-electron chi connectivity index (χ4n) is 9.84. The predicted octanol–water partition coefficient (Wildman–Crippen LogP) is -2.85. The molecular formula is C41H94O19. The van der Waals surface area contributed by atoms with Crippen LogP contribution in [0, 0.1) is 32.5 Å². The molecule has 0 aliphatic heterocycles. The molecular weight excluding hydrogens is 796 g/mol. The summed E-state index contributed by atoms with van der Waals surface area (Å²) in [4.78, 5) is 0. The second-order valence-electron chi connectivity index (χ2n) is 22.2. The van der Waals surface area contributed by atoms with Gasteiger partial charge in [0.05, 0.1) is 55.8 Å². The first kappa shape index (κ1) is 70.9. The highest BCUT2D eigenvalue weighted by molar-refractivity contribution is 5.30. The average molecular weight is 891 g/mol. The molecule has 11 atom stereocenters. The molecule has 25 N–H and O–H groups in total. The highest BCUT2D eigenvalue weighted by Crippen LogP contribution is 2.67. The molecule has 19 nitrogen and oxygen atoms in total. The molecule has 0 radical (unpaired) electrons. The fraction of sp³-hybridized carbons (Fsp3) is 1.00. The predicted molar refractivity (Wildman–Crippen MR) is 228 cm³/mol. The molecule has 0 saturated heterocycles. The van der Waals surface area contributed by atoms with Gasteiger partial charge in [-0.25, -0.2) is 0 Å². The third-order valence-electron chi connectivity index (χ3n) is 19.7. The quantitative estimate of drug-likeness (QED) is 0.109. The van der Waals surface area contributed by atoms with Gasteiger partial charge in [0.15, 0.2) is 0 Å². The lowest BCUT2D eigenvalue weighted by Gasteiger charge is -2.71. The third kappa shape index (κ3) is 6.96. The lowest BCUT2D eigenvalue weighted by Crippen LogP contribution is -2.85. The Morgan fingerprint density at radius 2 is 0.233 bits per heavy atom. The molecule has 3 rings (SSSR count). The van der Waals surface area contributed by atoms with Crippen molar-refractivity contribution >= 4 is 0 Å². The van der Waals surface area contributed by atoms with Gasteiger partial charge in [-0.1, -0.05) is 83.1 Å². The Kier molecular flexibility index (Phi) is 19.6. The second kappa shape index (κ2) is 16.6. The largest absolute Gasteiger partial charge is 0.412 e. The van der Waals surface area contributed by atoms with E-state index >= 15 is 0 Å². The number of aliphatic hydroxyl groups is 13. The summed E-state index contributed by atoms with van der Waals surface area (Å²) < 4.78 is 0. The van der Waals surface area contributed by atoms with Crippen LogP contribution in [0.1, 0.15) is 159 Å². The Morgan fingerprint density at radius 1 is 0.150 bits per heavy atom. The van der Waals surface area contributed by atoms with E-state index in [2.05, 4.69) is 0 Å². The molecule has 3 aliphatic rings. The van der Waals surface area contributed by atoms with E-state index < -0.39 is 99.9 Å². The number of hydrogen-bond acceptors (Lipinski definition) is 13. The molecule has 0 spiro atoms. The molecule has 60 heavy (non-hydrogen) atoms. The van der Waals surface area contributed by atoms with Gasteiger partial charge in [-0.3, -0.25) is 0 Å². The van der Waals surface area contributed by atoms with Crippen LogP contribution in [0.5, 0.6) is 0 Å². The molecule has 0 aromatic rings. The van der Waals surface area contributed by atoms with Crippen LogP contribution >= 0.6 is 0 Å². The van der Waals surface area contributed by atoms with Crippen molar-refractivity contribution in [2.75, 3.05) is 0 Å². The van der Waals surface area contributed by atoms with Crippen LogP contribution in [0.2, 0.25) is 0 Å². The van der Waals surface area contributed by atoms with Gasteiger partial charge >= 0.3 is 0 Å². The zero-order chi connectivity index (χ0) is 45.0. The van der Waals surface area contributed by atoms with Crippen LogP contribution < -0.4 is 0 Å². The minimum absolute atomic E-state index is 0. The standard InChI is InChI=1S/2C14H28O4.C13H26O5.6H2O/c2*1-9(2)11(5,15)13(7,17)10(3,4)14(8,18)12(9,6)16;1-8(2)10(5,14)11(6,15)9(3,4)13(17,18)12(8,7)16;;;;;;/h2*15-18H,1-8H3;14-18H,1-7H3;6*1H2. The summed E-state index contributed by atoms with van der Waals surface area (Å²) >= 11 is 0. The normalized spacial score (nSPS) is 48.2. The van der Waals surface area contributed by atoms with Crippen LogP contribution in [0.15, 0.2) is 0 Å². The van der Waals surface area contributed by atoms with E-state index in [1.807, 2.05) is 0 Å². The molecule has 0 aromatic carbocycles. The van der Waals surface area contributed by atoms with Crippen molar-refractivity contribution in [1.82, 2.24) is 0 Å². The topological polar surface area (TPSA) is 452 Å². The molecule has 372 valence electrons. The Bertz CT molecular complexity index is 919. The van der Waals surface area contributed by atoms with Crippen molar-refractivity contribution in [3.8, 4) is 0 Å². The monoisotopic (exact) mass is 891 g/mol. The van der Waals surface area contributed by atoms with Crippen molar-refractivity contribution in [3.05, 3.63) is 0 Å². The molecule has 3 fully saturated rings. The minimum Gasteiger partial charge on any atom is -0.412 e. The van der Waals surface area contributed by atoms with Crippen LogP contribution in [-0.4, -0.2) is 167 Å². The first-order chi connectivity index (χ1) is 22.5. The van der Waals surface area contributed by atoms with Gasteiger partial charge in [0.25, 0.3) is 0 Å².